The van der Waals surface area contributed by atoms with Crippen molar-refractivity contribution in [3.05, 3.63) is 47.7 Å². The minimum Gasteiger partial charge on any atom is -0.451 e. The van der Waals surface area contributed by atoms with E-state index in [1.54, 1.807) is 35.2 Å². The van der Waals surface area contributed by atoms with Gasteiger partial charge in [-0.05, 0) is 24.3 Å². The largest absolute Gasteiger partial charge is 0.451 e. The average Bonchev–Trinajstić information content (AvgIpc) is 3.30. The first-order valence-electron chi connectivity index (χ1n) is 8.72. The molecular formula is C19H19N3O5. The van der Waals surface area contributed by atoms with Crippen LogP contribution in [-0.4, -0.2) is 48.0 Å². The number of ether oxygens (including phenoxy) is 1. The molecule has 0 atom stereocenters. The molecule has 8 nitrogen and oxygen atoms in total. The molecule has 2 aliphatic heterocycles. The van der Waals surface area contributed by atoms with Gasteiger partial charge in [0.15, 0.2) is 5.76 Å². The monoisotopic (exact) mass is 369 g/mol. The maximum Gasteiger partial charge on any atom is 0.407 e. The number of nitrogens with two attached hydrogens (primary N) is 1. The molecule has 2 aromatic rings. The molecule has 1 aromatic carbocycles. The van der Waals surface area contributed by atoms with Crippen LogP contribution in [0.5, 0.6) is 0 Å². The van der Waals surface area contributed by atoms with Crippen LogP contribution < -0.4 is 11.1 Å². The van der Waals surface area contributed by atoms with Gasteiger partial charge in [0.05, 0.1) is 6.54 Å². The highest BCUT2D eigenvalue weighted by Gasteiger charge is 2.43. The number of furan rings is 1. The lowest BCUT2D eigenvalue weighted by Gasteiger charge is -2.37. The number of rotatable bonds is 3. The molecule has 1 spiro atoms. The predicted octanol–water partition coefficient (Wildman–Crippen LogP) is 1.76. The van der Waals surface area contributed by atoms with Gasteiger partial charge in [-0.25, -0.2) is 4.79 Å². The molecule has 140 valence electrons. The molecule has 2 saturated heterocycles. The van der Waals surface area contributed by atoms with E-state index in [2.05, 4.69) is 5.32 Å². The summed E-state index contributed by atoms with van der Waals surface area (Å²) in [7, 11) is 0. The average molecular weight is 369 g/mol. The number of carbonyl (C=O) groups excluding carboxylic acids is 3. The molecule has 8 heteroatoms. The smallest absolute Gasteiger partial charge is 0.407 e. The molecule has 27 heavy (non-hydrogen) atoms. The lowest BCUT2D eigenvalue weighted by Crippen LogP contribution is -2.48. The molecule has 0 saturated carbocycles. The van der Waals surface area contributed by atoms with Crippen molar-refractivity contribution in [2.24, 2.45) is 5.73 Å². The predicted molar refractivity (Wildman–Crippen MR) is 95.0 cm³/mol. The van der Waals surface area contributed by atoms with Crippen molar-refractivity contribution in [1.29, 1.82) is 0 Å². The lowest BCUT2D eigenvalue weighted by atomic mass is 9.91. The Morgan fingerprint density at radius 2 is 1.93 bits per heavy atom. The molecule has 0 unspecified atom stereocenters. The first-order chi connectivity index (χ1) is 13.0. The van der Waals surface area contributed by atoms with Gasteiger partial charge < -0.3 is 25.1 Å². The summed E-state index contributed by atoms with van der Waals surface area (Å²) in [6.45, 7) is 1.53. The van der Waals surface area contributed by atoms with Gasteiger partial charge in [0, 0.05) is 37.1 Å². The second-order valence-corrected chi connectivity index (χ2v) is 6.83. The molecule has 3 amide bonds. The first-order valence-corrected chi connectivity index (χ1v) is 8.72. The zero-order valence-corrected chi connectivity index (χ0v) is 14.6. The van der Waals surface area contributed by atoms with Crippen molar-refractivity contribution in [2.45, 2.75) is 18.4 Å². The zero-order valence-electron chi connectivity index (χ0n) is 14.6. The van der Waals surface area contributed by atoms with Crippen LogP contribution in [0.25, 0.3) is 11.3 Å². The highest BCUT2D eigenvalue weighted by molar-refractivity contribution is 5.95. The molecule has 1 aromatic heterocycles. The summed E-state index contributed by atoms with van der Waals surface area (Å²) in [6, 6.07) is 10.2. The number of alkyl carbamates (subject to hydrolysis) is 1. The first kappa shape index (κ1) is 17.1. The number of primary amides is 1. The third-order valence-electron chi connectivity index (χ3n) is 5.07. The summed E-state index contributed by atoms with van der Waals surface area (Å²) in [5.74, 6) is -0.189. The molecule has 0 bridgehead atoms. The fraction of sp³-hybridized carbons (Fsp3) is 0.316. The number of benzene rings is 1. The van der Waals surface area contributed by atoms with Crippen LogP contribution in [0.3, 0.4) is 0 Å². The maximum absolute atomic E-state index is 12.9. The van der Waals surface area contributed by atoms with Crippen molar-refractivity contribution >= 4 is 17.9 Å². The van der Waals surface area contributed by atoms with Gasteiger partial charge in [-0.3, -0.25) is 9.59 Å². The summed E-state index contributed by atoms with van der Waals surface area (Å²) in [6.07, 6.45) is 0.825. The van der Waals surface area contributed by atoms with E-state index in [1.165, 1.54) is 6.07 Å². The van der Waals surface area contributed by atoms with E-state index in [1.807, 2.05) is 0 Å². The van der Waals surface area contributed by atoms with Crippen molar-refractivity contribution in [3.8, 4) is 11.3 Å². The van der Waals surface area contributed by atoms with Crippen LogP contribution >= 0.6 is 0 Å². The molecule has 3 N–H and O–H groups in total. The minimum atomic E-state index is -0.641. The van der Waals surface area contributed by atoms with E-state index < -0.39 is 17.6 Å². The van der Waals surface area contributed by atoms with Gasteiger partial charge >= 0.3 is 6.09 Å². The van der Waals surface area contributed by atoms with Crippen LogP contribution in [0.15, 0.2) is 40.8 Å². The van der Waals surface area contributed by atoms with Gasteiger partial charge in [0.1, 0.15) is 11.4 Å². The second kappa shape index (κ2) is 6.46. The third kappa shape index (κ3) is 3.25. The van der Waals surface area contributed by atoms with E-state index >= 15 is 0 Å². The molecule has 2 aliphatic rings. The summed E-state index contributed by atoms with van der Waals surface area (Å²) in [4.78, 5) is 37.1. The molecule has 4 rings (SSSR count). The number of nitrogens with zero attached hydrogens (tertiary/aromatic N) is 1. The number of amides is 3. The van der Waals surface area contributed by atoms with Gasteiger partial charge in [0.25, 0.3) is 11.8 Å². The van der Waals surface area contributed by atoms with Crippen molar-refractivity contribution in [2.75, 3.05) is 19.6 Å². The normalized spacial score (nSPS) is 18.2. The lowest BCUT2D eigenvalue weighted by molar-refractivity contribution is 0.00330. The van der Waals surface area contributed by atoms with Gasteiger partial charge in [-0.15, -0.1) is 0 Å². The summed E-state index contributed by atoms with van der Waals surface area (Å²) in [5, 5.41) is 2.68. The van der Waals surface area contributed by atoms with Crippen LogP contribution in [0, 0.1) is 0 Å². The maximum atomic E-state index is 12.9. The zero-order chi connectivity index (χ0) is 19.0. The van der Waals surface area contributed by atoms with Gasteiger partial charge in [-0.2, -0.15) is 0 Å². The number of piperidine rings is 1. The summed E-state index contributed by atoms with van der Waals surface area (Å²) in [5.41, 5.74) is 5.94. The van der Waals surface area contributed by atoms with Crippen LogP contribution in [0.1, 0.15) is 33.8 Å². The van der Waals surface area contributed by atoms with Crippen molar-refractivity contribution in [1.82, 2.24) is 10.2 Å². The Bertz CT molecular complexity index is 912. The van der Waals surface area contributed by atoms with Crippen molar-refractivity contribution < 1.29 is 23.5 Å². The molecule has 0 radical (unpaired) electrons. The van der Waals surface area contributed by atoms with Crippen LogP contribution in [0.4, 0.5) is 4.79 Å². The Morgan fingerprint density at radius 3 is 2.56 bits per heavy atom. The topological polar surface area (TPSA) is 115 Å². The van der Waals surface area contributed by atoms with E-state index in [9.17, 15) is 14.4 Å². The number of hydrogen-bond donors (Lipinski definition) is 2. The summed E-state index contributed by atoms with van der Waals surface area (Å²) < 4.78 is 10.8. The van der Waals surface area contributed by atoms with Crippen LogP contribution in [-0.2, 0) is 4.74 Å². The number of likely N-dealkylation sites (tertiary alicyclic amines) is 1. The van der Waals surface area contributed by atoms with Crippen molar-refractivity contribution in [3.63, 3.8) is 0 Å². The number of carbonyl (C=O) groups is 3. The number of nitrogens with one attached hydrogen (secondary N) is 1. The molecular weight excluding hydrogens is 350 g/mol. The SMILES string of the molecule is NC(=O)c1ccc(-c2cccc(C(=O)N3CCC4(CC3)CNC(=O)O4)c2)o1. The standard InChI is InChI=1S/C19H19N3O5/c20-16(23)15-5-4-14(26-15)12-2-1-3-13(10-12)17(24)22-8-6-19(7-9-22)11-21-18(25)27-19/h1-5,10H,6-9,11H2,(H2,20,23)(H,21,25). The fourth-order valence-corrected chi connectivity index (χ4v) is 3.51. The highest BCUT2D eigenvalue weighted by Crippen LogP contribution is 2.30. The third-order valence-corrected chi connectivity index (χ3v) is 5.07. The highest BCUT2D eigenvalue weighted by atomic mass is 16.6. The van der Waals surface area contributed by atoms with E-state index in [0.717, 1.165) is 0 Å². The summed E-state index contributed by atoms with van der Waals surface area (Å²) >= 11 is 0. The Morgan fingerprint density at radius 1 is 1.15 bits per heavy atom. The fourth-order valence-electron chi connectivity index (χ4n) is 3.51. The van der Waals surface area contributed by atoms with Gasteiger partial charge in [-0.1, -0.05) is 12.1 Å². The molecule has 2 fully saturated rings. The minimum absolute atomic E-state index is 0.0720. The Balaban J connectivity index is 1.48. The second-order valence-electron chi connectivity index (χ2n) is 6.83. The Hall–Kier alpha value is -3.29. The number of hydrogen-bond acceptors (Lipinski definition) is 5. The van der Waals surface area contributed by atoms with Crippen LogP contribution in [0.2, 0.25) is 0 Å². The van der Waals surface area contributed by atoms with E-state index in [-0.39, 0.29) is 11.7 Å². The van der Waals surface area contributed by atoms with E-state index in [0.29, 0.717) is 49.4 Å². The Kier molecular flexibility index (Phi) is 4.10. The van der Waals surface area contributed by atoms with Gasteiger partial charge in [0.2, 0.25) is 0 Å². The quantitative estimate of drug-likeness (QED) is 0.855. The molecule has 0 aliphatic carbocycles. The van der Waals surface area contributed by atoms with E-state index in [4.69, 9.17) is 14.9 Å². The molecule has 3 heterocycles. The Labute approximate surface area is 155 Å².